The maximum absolute atomic E-state index is 14.5. The molecular formula is C42H59N7O10. The van der Waals surface area contributed by atoms with Gasteiger partial charge in [-0.2, -0.15) is 5.21 Å². The molecule has 1 fully saturated rings. The van der Waals surface area contributed by atoms with Crippen molar-refractivity contribution in [3.05, 3.63) is 41.2 Å². The highest BCUT2D eigenvalue weighted by molar-refractivity contribution is 6.38. The number of carboxylic acid groups (broad SMARTS) is 1. The molecule has 59 heavy (non-hydrogen) atoms. The molecule has 0 aliphatic carbocycles. The number of hydrogen-bond acceptors (Lipinski definition) is 12. The highest BCUT2D eigenvalue weighted by atomic mass is 16.6. The topological polar surface area (TPSA) is 239 Å². The van der Waals surface area contributed by atoms with Gasteiger partial charge in [-0.25, -0.2) is 4.79 Å². The molecule has 0 bridgehead atoms. The molecular weight excluding hydrogens is 763 g/mol. The molecule has 4 rings (SSSR count). The number of H-pyrrole nitrogens is 1. The van der Waals surface area contributed by atoms with Crippen molar-refractivity contribution >= 4 is 47.0 Å². The van der Waals surface area contributed by atoms with Crippen molar-refractivity contribution in [2.45, 2.75) is 136 Å². The molecule has 2 aromatic rings. The molecule has 3 amide bonds. The van der Waals surface area contributed by atoms with Gasteiger partial charge in [0.1, 0.15) is 17.9 Å². The number of likely N-dealkylation sites (tertiary alicyclic amines) is 1. The van der Waals surface area contributed by atoms with E-state index in [0.717, 1.165) is 11.1 Å². The first-order valence-corrected chi connectivity index (χ1v) is 20.8. The Labute approximate surface area is 344 Å². The lowest BCUT2D eigenvalue weighted by Gasteiger charge is -2.32. The van der Waals surface area contributed by atoms with E-state index in [1.807, 2.05) is 38.1 Å². The van der Waals surface area contributed by atoms with Crippen LogP contribution in [0.4, 0.5) is 4.79 Å². The van der Waals surface area contributed by atoms with E-state index < -0.39 is 90.0 Å². The van der Waals surface area contributed by atoms with Gasteiger partial charge in [0.25, 0.3) is 0 Å². The fraction of sp³-hybridized carbons (Fsp3) is 0.643. The average molecular weight is 822 g/mol. The maximum atomic E-state index is 14.5. The van der Waals surface area contributed by atoms with E-state index in [0.29, 0.717) is 51.0 Å². The first-order valence-electron chi connectivity index (χ1n) is 20.8. The summed E-state index contributed by atoms with van der Waals surface area (Å²) in [6.45, 7) is 9.56. The molecule has 1 saturated heterocycles. The SMILES string of the molecule is CCCC(CC(=O)[C@@H]1CC(OC(=O)N2CCc3ccccc3C2)CN1C(=O)[C@@H](NC(=O)[C@H](CC(=O)CCCCc1nn[nH]n1)C(C)C)C(C)C)C(=O)C(=O)CCC(=O)O. The zero-order valence-electron chi connectivity index (χ0n) is 34.8. The number of ether oxygens (including phenoxy) is 1. The van der Waals surface area contributed by atoms with Gasteiger partial charge in [0.2, 0.25) is 17.6 Å². The fourth-order valence-electron chi connectivity index (χ4n) is 7.75. The number of Topliss-reactive ketones (excluding diaryl/α,β-unsaturated/α-hetero) is 4. The van der Waals surface area contributed by atoms with Crippen LogP contribution in [0.25, 0.3) is 0 Å². The summed E-state index contributed by atoms with van der Waals surface area (Å²) < 4.78 is 5.94. The fourth-order valence-corrected chi connectivity index (χ4v) is 7.75. The Kier molecular flexibility index (Phi) is 17.4. The number of carbonyl (C=O) groups excluding carboxylic acids is 7. The van der Waals surface area contributed by atoms with Crippen LogP contribution in [0.2, 0.25) is 0 Å². The van der Waals surface area contributed by atoms with Crippen LogP contribution in [0, 0.1) is 23.7 Å². The number of fused-ring (bicyclic) bond motifs is 1. The number of hydrogen-bond donors (Lipinski definition) is 3. The van der Waals surface area contributed by atoms with Crippen LogP contribution in [-0.4, -0.2) is 114 Å². The number of tetrazole rings is 1. The Morgan fingerprint density at radius 2 is 1.68 bits per heavy atom. The monoisotopic (exact) mass is 821 g/mol. The number of ketones is 4. The van der Waals surface area contributed by atoms with Crippen molar-refractivity contribution < 1.29 is 48.2 Å². The molecule has 0 radical (unpaired) electrons. The van der Waals surface area contributed by atoms with Crippen molar-refractivity contribution in [1.82, 2.24) is 35.7 Å². The molecule has 3 N–H and O–H groups in total. The van der Waals surface area contributed by atoms with Gasteiger partial charge in [0.05, 0.1) is 19.0 Å². The molecule has 2 unspecified atom stereocenters. The number of nitrogens with zero attached hydrogens (tertiary/aromatic N) is 5. The van der Waals surface area contributed by atoms with Gasteiger partial charge in [-0.3, -0.25) is 33.6 Å². The number of aryl methyl sites for hydroxylation is 1. The Morgan fingerprint density at radius 1 is 0.949 bits per heavy atom. The van der Waals surface area contributed by atoms with E-state index in [4.69, 9.17) is 9.84 Å². The van der Waals surface area contributed by atoms with Crippen LogP contribution in [0.3, 0.4) is 0 Å². The van der Waals surface area contributed by atoms with Crippen molar-refractivity contribution in [3.63, 3.8) is 0 Å². The minimum absolute atomic E-state index is 0.0213. The second-order valence-electron chi connectivity index (χ2n) is 16.4. The number of aromatic amines is 1. The summed E-state index contributed by atoms with van der Waals surface area (Å²) in [6, 6.07) is 5.54. The first-order chi connectivity index (χ1) is 28.1. The molecule has 1 aromatic heterocycles. The van der Waals surface area contributed by atoms with Crippen molar-refractivity contribution in [2.24, 2.45) is 23.7 Å². The van der Waals surface area contributed by atoms with E-state index in [1.165, 1.54) is 4.90 Å². The van der Waals surface area contributed by atoms with Gasteiger partial charge in [-0.05, 0) is 48.6 Å². The zero-order valence-corrected chi connectivity index (χ0v) is 34.8. The summed E-state index contributed by atoms with van der Waals surface area (Å²) >= 11 is 0. The third kappa shape index (κ3) is 13.3. The van der Waals surface area contributed by atoms with E-state index >= 15 is 0 Å². The summed E-state index contributed by atoms with van der Waals surface area (Å²) in [5.74, 6) is -6.49. The molecule has 17 nitrogen and oxygen atoms in total. The predicted octanol–water partition coefficient (Wildman–Crippen LogP) is 3.83. The molecule has 1 aromatic carbocycles. The van der Waals surface area contributed by atoms with E-state index in [1.54, 1.807) is 25.7 Å². The Balaban J connectivity index is 1.50. The average Bonchev–Trinajstić information content (AvgIpc) is 3.89. The molecule has 3 heterocycles. The summed E-state index contributed by atoms with van der Waals surface area (Å²) in [5, 5.41) is 25.7. The van der Waals surface area contributed by atoms with Gasteiger partial charge >= 0.3 is 12.1 Å². The number of benzene rings is 1. The number of rotatable bonds is 23. The lowest BCUT2D eigenvalue weighted by molar-refractivity contribution is -0.144. The number of unbranched alkanes of at least 4 members (excludes halogenated alkanes) is 1. The minimum Gasteiger partial charge on any atom is -0.481 e. The Hall–Kier alpha value is -5.35. The summed E-state index contributed by atoms with van der Waals surface area (Å²) in [7, 11) is 0. The van der Waals surface area contributed by atoms with E-state index in [-0.39, 0.29) is 50.4 Å². The van der Waals surface area contributed by atoms with Gasteiger partial charge in [-0.1, -0.05) is 70.5 Å². The molecule has 0 saturated carbocycles. The quantitative estimate of drug-likeness (QED) is 0.107. The second kappa shape index (κ2) is 22.1. The smallest absolute Gasteiger partial charge is 0.410 e. The number of nitrogens with one attached hydrogen (secondary N) is 2. The van der Waals surface area contributed by atoms with Crippen molar-refractivity contribution in [3.8, 4) is 0 Å². The van der Waals surface area contributed by atoms with Crippen LogP contribution in [0.1, 0.15) is 116 Å². The number of aromatic nitrogens is 4. The Bertz CT molecular complexity index is 1810. The minimum atomic E-state index is -1.23. The first kappa shape index (κ1) is 46.3. The predicted molar refractivity (Wildman–Crippen MR) is 212 cm³/mol. The molecule has 17 heteroatoms. The lowest BCUT2D eigenvalue weighted by Crippen LogP contribution is -2.55. The van der Waals surface area contributed by atoms with Gasteiger partial charge in [0, 0.05) is 63.5 Å². The van der Waals surface area contributed by atoms with Crippen LogP contribution >= 0.6 is 0 Å². The van der Waals surface area contributed by atoms with Gasteiger partial charge < -0.3 is 25.0 Å². The highest BCUT2D eigenvalue weighted by Crippen LogP contribution is 2.29. The standard InChI is InChI=1S/C42H59N7O10/c1-6-11-28(39(55)34(51)16-17-37(53)54)20-35(52)33-22-31(59-42(58)48-19-18-27-12-7-8-13-29(27)23-48)24-49(33)41(57)38(26(4)5)43-40(56)32(25(2)3)21-30(50)14-9-10-15-36-44-46-47-45-36/h7-8,12-13,25-26,28,31-33,38H,6,9-11,14-24H2,1-5H3,(H,43,56)(H,53,54)(H,44,45,46,47)/t28?,31?,32-,33+,38+/m1/s1. The third-order valence-electron chi connectivity index (χ3n) is 11.2. The van der Waals surface area contributed by atoms with Gasteiger partial charge in [0.15, 0.2) is 17.4 Å². The molecule has 2 aliphatic rings. The van der Waals surface area contributed by atoms with E-state index in [2.05, 4.69) is 25.9 Å². The van der Waals surface area contributed by atoms with Crippen LogP contribution < -0.4 is 5.32 Å². The largest absolute Gasteiger partial charge is 0.481 e. The van der Waals surface area contributed by atoms with Crippen LogP contribution in [0.15, 0.2) is 24.3 Å². The molecule has 5 atom stereocenters. The highest BCUT2D eigenvalue weighted by Gasteiger charge is 2.45. The van der Waals surface area contributed by atoms with Crippen LogP contribution in [0.5, 0.6) is 0 Å². The second-order valence-corrected chi connectivity index (χ2v) is 16.4. The number of aliphatic carboxylic acids is 1. The number of carbonyl (C=O) groups is 8. The van der Waals surface area contributed by atoms with Crippen molar-refractivity contribution in [1.29, 1.82) is 0 Å². The molecule has 322 valence electrons. The normalized spacial score (nSPS) is 17.9. The summed E-state index contributed by atoms with van der Waals surface area (Å²) in [4.78, 5) is 109. The molecule has 2 aliphatic heterocycles. The van der Waals surface area contributed by atoms with E-state index in [9.17, 15) is 38.4 Å². The number of carboxylic acids is 1. The lowest BCUT2D eigenvalue weighted by atomic mass is 9.87. The Morgan fingerprint density at radius 3 is 2.32 bits per heavy atom. The number of amides is 3. The zero-order chi connectivity index (χ0) is 43.2. The summed E-state index contributed by atoms with van der Waals surface area (Å²) in [5.41, 5.74) is 2.13. The van der Waals surface area contributed by atoms with Crippen molar-refractivity contribution in [2.75, 3.05) is 13.1 Å². The molecule has 0 spiro atoms. The maximum Gasteiger partial charge on any atom is 0.410 e. The summed E-state index contributed by atoms with van der Waals surface area (Å²) in [6.07, 6.45) is 0.400. The van der Waals surface area contributed by atoms with Crippen LogP contribution in [-0.2, 0) is 57.7 Å². The van der Waals surface area contributed by atoms with Gasteiger partial charge in [-0.15, -0.1) is 10.2 Å². The third-order valence-corrected chi connectivity index (χ3v) is 11.2.